The zero-order chi connectivity index (χ0) is 23.3. The number of thioether (sulfide) groups is 1. The lowest BCUT2D eigenvalue weighted by atomic mass is 10.0. The van der Waals surface area contributed by atoms with E-state index in [-0.39, 0.29) is 18.1 Å². The summed E-state index contributed by atoms with van der Waals surface area (Å²) in [6, 6.07) is 9.15. The quantitative estimate of drug-likeness (QED) is 0.314. The molecular formula is C24H27NO6S. The van der Waals surface area contributed by atoms with Crippen molar-refractivity contribution in [3.63, 3.8) is 0 Å². The summed E-state index contributed by atoms with van der Waals surface area (Å²) in [5.41, 5.74) is 3.26. The van der Waals surface area contributed by atoms with Crippen LogP contribution >= 0.6 is 11.8 Å². The number of rotatable bonds is 10. The van der Waals surface area contributed by atoms with Gasteiger partial charge in [-0.25, -0.2) is 0 Å². The second-order valence-corrected chi connectivity index (χ2v) is 8.20. The fraction of sp³-hybridized carbons (Fsp3) is 0.292. The molecule has 0 radical (unpaired) electrons. The Kier molecular flexibility index (Phi) is 7.84. The summed E-state index contributed by atoms with van der Waals surface area (Å²) in [7, 11) is 4.48. The number of carbonyl (C=O) groups is 1. The number of fused-ring (bicyclic) bond motifs is 1. The van der Waals surface area contributed by atoms with Crippen LogP contribution in [0.5, 0.6) is 17.2 Å². The van der Waals surface area contributed by atoms with Gasteiger partial charge in [-0.2, -0.15) is 0 Å². The highest BCUT2D eigenvalue weighted by Crippen LogP contribution is 2.39. The standard InChI is InChI=1S/C24H27NO6S/c1-14-6-5-7-18-22(14)16(11-25-18)10-21(32-13-17(27)12-26)23(28)15-8-19(29-2)24(31-4)20(9-15)30-3/h5-11,17,25-27H,12-13H2,1-4H3/b21-10+. The van der Waals surface area contributed by atoms with Gasteiger partial charge in [0.25, 0.3) is 0 Å². The van der Waals surface area contributed by atoms with Crippen LogP contribution in [-0.2, 0) is 0 Å². The lowest BCUT2D eigenvalue weighted by Gasteiger charge is -2.15. The van der Waals surface area contributed by atoms with Crippen LogP contribution in [0, 0.1) is 6.92 Å². The van der Waals surface area contributed by atoms with Crippen LogP contribution in [0.4, 0.5) is 0 Å². The molecule has 0 aliphatic carbocycles. The van der Waals surface area contributed by atoms with Gasteiger partial charge in [0.1, 0.15) is 0 Å². The van der Waals surface area contributed by atoms with Crippen LogP contribution in [0.1, 0.15) is 21.5 Å². The van der Waals surface area contributed by atoms with Crippen molar-refractivity contribution in [2.24, 2.45) is 0 Å². The van der Waals surface area contributed by atoms with E-state index in [1.807, 2.05) is 31.3 Å². The third-order valence-corrected chi connectivity index (χ3v) is 6.19. The Labute approximate surface area is 191 Å². The summed E-state index contributed by atoms with van der Waals surface area (Å²) in [5.74, 6) is 1.05. The second-order valence-electron chi connectivity index (χ2n) is 7.14. The number of aryl methyl sites for hydroxylation is 1. The van der Waals surface area contributed by atoms with Crippen LogP contribution in [-0.4, -0.2) is 60.8 Å². The van der Waals surface area contributed by atoms with Crippen molar-refractivity contribution in [1.29, 1.82) is 0 Å². The Morgan fingerprint density at radius 3 is 2.44 bits per heavy atom. The number of ketones is 1. The maximum atomic E-state index is 13.5. The van der Waals surface area contributed by atoms with Gasteiger partial charge in [0.2, 0.25) is 5.75 Å². The van der Waals surface area contributed by atoms with Crippen molar-refractivity contribution in [2.75, 3.05) is 33.7 Å². The number of H-pyrrole nitrogens is 1. The van der Waals surface area contributed by atoms with E-state index >= 15 is 0 Å². The molecule has 170 valence electrons. The van der Waals surface area contributed by atoms with Crippen molar-refractivity contribution in [2.45, 2.75) is 13.0 Å². The summed E-state index contributed by atoms with van der Waals surface area (Å²) < 4.78 is 16.1. The lowest BCUT2D eigenvalue weighted by molar-refractivity contribution is 0.104. The number of aromatic nitrogens is 1. The van der Waals surface area contributed by atoms with Gasteiger partial charge in [-0.1, -0.05) is 12.1 Å². The number of aliphatic hydroxyl groups is 2. The third-order valence-electron chi connectivity index (χ3n) is 5.02. The first-order chi connectivity index (χ1) is 15.4. The predicted molar refractivity (Wildman–Crippen MR) is 127 cm³/mol. The van der Waals surface area contributed by atoms with E-state index in [9.17, 15) is 15.0 Å². The number of Topliss-reactive ketones (excluding diaryl/α,β-unsaturated/α-hetero) is 1. The zero-order valence-corrected chi connectivity index (χ0v) is 19.3. The van der Waals surface area contributed by atoms with Crippen LogP contribution in [0.25, 0.3) is 17.0 Å². The summed E-state index contributed by atoms with van der Waals surface area (Å²) in [5, 5.41) is 20.1. The molecule has 3 N–H and O–H groups in total. The van der Waals surface area contributed by atoms with Crippen molar-refractivity contribution in [1.82, 2.24) is 4.98 Å². The molecule has 1 unspecified atom stereocenters. The van der Waals surface area contributed by atoms with E-state index < -0.39 is 6.10 Å². The lowest BCUT2D eigenvalue weighted by Crippen LogP contribution is -2.16. The minimum Gasteiger partial charge on any atom is -0.493 e. The topological polar surface area (TPSA) is 101 Å². The third kappa shape index (κ3) is 4.93. The maximum absolute atomic E-state index is 13.5. The number of ether oxygens (including phenoxy) is 3. The molecule has 8 heteroatoms. The second kappa shape index (κ2) is 10.6. The van der Waals surface area contributed by atoms with Gasteiger partial charge in [-0.15, -0.1) is 11.8 Å². The summed E-state index contributed by atoms with van der Waals surface area (Å²) in [4.78, 5) is 17.2. The van der Waals surface area contributed by atoms with E-state index in [2.05, 4.69) is 4.98 Å². The van der Waals surface area contributed by atoms with Gasteiger partial charge in [-0.3, -0.25) is 4.79 Å². The molecule has 0 amide bonds. The van der Waals surface area contributed by atoms with Crippen LogP contribution in [0.2, 0.25) is 0 Å². The van der Waals surface area contributed by atoms with Crippen LogP contribution < -0.4 is 14.2 Å². The van der Waals surface area contributed by atoms with E-state index in [4.69, 9.17) is 14.2 Å². The van der Waals surface area contributed by atoms with Gasteiger partial charge < -0.3 is 29.4 Å². The summed E-state index contributed by atoms with van der Waals surface area (Å²) in [6.45, 7) is 1.63. The molecule has 32 heavy (non-hydrogen) atoms. The summed E-state index contributed by atoms with van der Waals surface area (Å²) in [6.07, 6.45) is 2.70. The Morgan fingerprint density at radius 2 is 1.84 bits per heavy atom. The minimum atomic E-state index is -0.944. The molecule has 0 saturated carbocycles. The molecule has 0 fully saturated rings. The number of benzene rings is 2. The highest BCUT2D eigenvalue weighted by atomic mass is 32.2. The van der Waals surface area contributed by atoms with Gasteiger partial charge in [0.15, 0.2) is 17.3 Å². The molecule has 1 aromatic heterocycles. The number of aliphatic hydroxyl groups excluding tert-OH is 2. The molecular weight excluding hydrogens is 430 g/mol. The van der Waals surface area contributed by atoms with E-state index in [1.165, 1.54) is 33.1 Å². The first kappa shape index (κ1) is 23.7. The van der Waals surface area contributed by atoms with Crippen molar-refractivity contribution < 1.29 is 29.2 Å². The number of allylic oxidation sites excluding steroid dienone is 1. The summed E-state index contributed by atoms with van der Waals surface area (Å²) >= 11 is 1.18. The van der Waals surface area contributed by atoms with E-state index in [0.717, 1.165) is 22.0 Å². The number of carbonyl (C=O) groups excluding carboxylic acids is 1. The fourth-order valence-electron chi connectivity index (χ4n) is 3.42. The Morgan fingerprint density at radius 1 is 1.16 bits per heavy atom. The van der Waals surface area contributed by atoms with Gasteiger partial charge >= 0.3 is 0 Å². The molecule has 0 bridgehead atoms. The number of nitrogens with one attached hydrogen (secondary N) is 1. The zero-order valence-electron chi connectivity index (χ0n) is 18.5. The average Bonchev–Trinajstić information content (AvgIpc) is 3.23. The Hall–Kier alpha value is -2.94. The van der Waals surface area contributed by atoms with Gasteiger partial charge in [0.05, 0.1) is 38.9 Å². The average molecular weight is 458 g/mol. The monoisotopic (exact) mass is 457 g/mol. The molecule has 1 atom stereocenters. The largest absolute Gasteiger partial charge is 0.493 e. The van der Waals surface area contributed by atoms with Gasteiger partial charge in [-0.05, 0) is 36.8 Å². The predicted octanol–water partition coefficient (Wildman–Crippen LogP) is 3.81. The number of hydrogen-bond acceptors (Lipinski definition) is 7. The van der Waals surface area contributed by atoms with Crippen molar-refractivity contribution in [3.05, 3.63) is 58.1 Å². The molecule has 2 aromatic carbocycles. The number of methoxy groups -OCH3 is 3. The smallest absolute Gasteiger partial charge is 0.203 e. The normalized spacial score (nSPS) is 12.6. The number of aromatic amines is 1. The van der Waals surface area contributed by atoms with Crippen molar-refractivity contribution >= 4 is 34.5 Å². The molecule has 0 spiro atoms. The van der Waals surface area contributed by atoms with Gasteiger partial charge in [0, 0.05) is 34.0 Å². The minimum absolute atomic E-state index is 0.167. The van der Waals surface area contributed by atoms with Crippen LogP contribution in [0.15, 0.2) is 41.4 Å². The molecule has 1 heterocycles. The first-order valence-electron chi connectivity index (χ1n) is 9.98. The molecule has 0 aliphatic rings. The molecule has 3 rings (SSSR count). The van der Waals surface area contributed by atoms with E-state index in [0.29, 0.717) is 27.7 Å². The van der Waals surface area contributed by atoms with E-state index in [1.54, 1.807) is 18.2 Å². The SMILES string of the molecule is COc1cc(C(=O)/C(=C\c2c[nH]c3cccc(C)c23)SCC(O)CO)cc(OC)c1OC. The van der Waals surface area contributed by atoms with Crippen LogP contribution in [0.3, 0.4) is 0 Å². The molecule has 3 aromatic rings. The Balaban J connectivity index is 2.09. The highest BCUT2D eigenvalue weighted by Gasteiger charge is 2.21. The first-order valence-corrected chi connectivity index (χ1v) is 11.0. The van der Waals surface area contributed by atoms with Crippen molar-refractivity contribution in [3.8, 4) is 17.2 Å². The Bertz CT molecular complexity index is 1110. The molecule has 0 aliphatic heterocycles. The number of hydrogen-bond donors (Lipinski definition) is 3. The molecule has 0 saturated heterocycles. The molecule has 7 nitrogen and oxygen atoms in total. The fourth-order valence-corrected chi connectivity index (χ4v) is 4.36. The maximum Gasteiger partial charge on any atom is 0.203 e. The highest BCUT2D eigenvalue weighted by molar-refractivity contribution is 8.04.